The number of aromatic nitrogens is 3. The Labute approximate surface area is 165 Å². The van der Waals surface area contributed by atoms with Crippen molar-refractivity contribution in [3.8, 4) is 11.3 Å². The van der Waals surface area contributed by atoms with Crippen LogP contribution in [0.3, 0.4) is 0 Å². The molecule has 1 fully saturated rings. The van der Waals surface area contributed by atoms with E-state index in [2.05, 4.69) is 10.2 Å². The summed E-state index contributed by atoms with van der Waals surface area (Å²) in [7, 11) is 1.26. The van der Waals surface area contributed by atoms with E-state index in [1.54, 1.807) is 21.9 Å². The van der Waals surface area contributed by atoms with Crippen molar-refractivity contribution in [2.45, 2.75) is 18.9 Å². The SMILES string of the molecule is COC(=O)c1cn([C@H]2CCCN(C(=O)c3ccc(F)cc3)C2)cc2c(=O)[nH]nc1-2. The lowest BCUT2D eigenvalue weighted by Crippen LogP contribution is -2.40. The Morgan fingerprint density at radius 2 is 2.00 bits per heavy atom. The second-order valence-electron chi connectivity index (χ2n) is 6.98. The minimum absolute atomic E-state index is 0.129. The number of ether oxygens (including phenoxy) is 1. The smallest absolute Gasteiger partial charge is 0.341 e. The van der Waals surface area contributed by atoms with E-state index in [-0.39, 0.29) is 28.8 Å². The van der Waals surface area contributed by atoms with Crippen LogP contribution >= 0.6 is 0 Å². The van der Waals surface area contributed by atoms with Gasteiger partial charge in [0.2, 0.25) is 0 Å². The number of piperidine rings is 1. The van der Waals surface area contributed by atoms with Crippen LogP contribution in [0.25, 0.3) is 11.3 Å². The Kier molecular flexibility index (Phi) is 4.87. The summed E-state index contributed by atoms with van der Waals surface area (Å²) in [6.45, 7) is 0.983. The number of methoxy groups -OCH3 is 1. The summed E-state index contributed by atoms with van der Waals surface area (Å²) in [5.74, 6) is -1.17. The minimum atomic E-state index is -0.592. The van der Waals surface area contributed by atoms with E-state index in [4.69, 9.17) is 4.74 Å². The van der Waals surface area contributed by atoms with Crippen LogP contribution in [0.2, 0.25) is 0 Å². The molecular formula is C20H19FN4O4. The Morgan fingerprint density at radius 1 is 1.24 bits per heavy atom. The third-order valence-corrected chi connectivity index (χ3v) is 5.18. The first-order valence-corrected chi connectivity index (χ1v) is 9.21. The maximum atomic E-state index is 13.1. The fourth-order valence-electron chi connectivity index (χ4n) is 3.68. The molecule has 1 N–H and O–H groups in total. The van der Waals surface area contributed by atoms with E-state index in [0.29, 0.717) is 18.7 Å². The number of benzene rings is 1. The zero-order chi connectivity index (χ0) is 20.5. The first-order valence-electron chi connectivity index (χ1n) is 9.21. The molecule has 0 aliphatic carbocycles. The van der Waals surface area contributed by atoms with Gasteiger partial charge in [0, 0.05) is 31.0 Å². The van der Waals surface area contributed by atoms with E-state index in [0.717, 1.165) is 12.8 Å². The molecule has 1 amide bonds. The third-order valence-electron chi connectivity index (χ3n) is 5.18. The normalized spacial score (nSPS) is 16.8. The average molecular weight is 398 g/mol. The fourth-order valence-corrected chi connectivity index (χ4v) is 3.68. The summed E-state index contributed by atoms with van der Waals surface area (Å²) in [4.78, 5) is 38.7. The van der Waals surface area contributed by atoms with Gasteiger partial charge < -0.3 is 14.2 Å². The Balaban J connectivity index is 1.65. The predicted octanol–water partition coefficient (Wildman–Crippen LogP) is 2.08. The fraction of sp³-hybridized carbons (Fsp3) is 0.300. The summed E-state index contributed by atoms with van der Waals surface area (Å²) >= 11 is 0. The van der Waals surface area contributed by atoms with Crippen molar-refractivity contribution in [2.75, 3.05) is 20.2 Å². The molecule has 29 heavy (non-hydrogen) atoms. The van der Waals surface area contributed by atoms with E-state index in [9.17, 15) is 18.8 Å². The Morgan fingerprint density at radius 3 is 2.72 bits per heavy atom. The second-order valence-corrected chi connectivity index (χ2v) is 6.98. The zero-order valence-electron chi connectivity index (χ0n) is 15.7. The average Bonchev–Trinajstić information content (AvgIpc) is 3.13. The van der Waals surface area contributed by atoms with Gasteiger partial charge in [-0.15, -0.1) is 0 Å². The highest BCUT2D eigenvalue weighted by atomic mass is 19.1. The number of halogens is 1. The summed E-state index contributed by atoms with van der Waals surface area (Å²) in [5.41, 5.74) is 0.752. The summed E-state index contributed by atoms with van der Waals surface area (Å²) in [6.07, 6.45) is 4.77. The van der Waals surface area contributed by atoms with Crippen molar-refractivity contribution >= 4 is 11.9 Å². The van der Waals surface area contributed by atoms with E-state index in [1.165, 1.54) is 31.4 Å². The van der Waals surface area contributed by atoms with Crippen LogP contribution in [0, 0.1) is 5.82 Å². The molecule has 0 aromatic heterocycles. The molecule has 3 heterocycles. The van der Waals surface area contributed by atoms with Crippen LogP contribution in [0.4, 0.5) is 4.39 Å². The summed E-state index contributed by atoms with van der Waals surface area (Å²) < 4.78 is 19.7. The quantitative estimate of drug-likeness (QED) is 0.682. The molecule has 150 valence electrons. The second kappa shape index (κ2) is 7.50. The van der Waals surface area contributed by atoms with Crippen LogP contribution in [0.1, 0.15) is 39.6 Å². The molecule has 0 bridgehead atoms. The maximum Gasteiger partial charge on any atom is 0.341 e. The summed E-state index contributed by atoms with van der Waals surface area (Å²) in [5, 5.41) is 6.27. The van der Waals surface area contributed by atoms with E-state index < -0.39 is 17.3 Å². The molecule has 8 nitrogen and oxygen atoms in total. The number of nitrogens with one attached hydrogen (secondary N) is 1. The number of likely N-dealkylation sites (tertiary alicyclic amines) is 1. The number of carbonyl (C=O) groups is 2. The number of pyridine rings is 1. The van der Waals surface area contributed by atoms with Gasteiger partial charge in [-0.3, -0.25) is 9.59 Å². The highest BCUT2D eigenvalue weighted by Crippen LogP contribution is 2.27. The van der Waals surface area contributed by atoms with Gasteiger partial charge in [-0.1, -0.05) is 0 Å². The number of hydrogen-bond acceptors (Lipinski definition) is 5. The molecule has 0 radical (unpaired) electrons. The number of fused-ring (bicyclic) bond motifs is 1. The van der Waals surface area contributed by atoms with Crippen LogP contribution in [0.15, 0.2) is 41.5 Å². The lowest BCUT2D eigenvalue weighted by atomic mass is 10.0. The van der Waals surface area contributed by atoms with Crippen LogP contribution < -0.4 is 5.56 Å². The molecule has 0 saturated carbocycles. The largest absolute Gasteiger partial charge is 0.465 e. The predicted molar refractivity (Wildman–Crippen MR) is 101 cm³/mol. The highest BCUT2D eigenvalue weighted by Gasteiger charge is 2.28. The first kappa shape index (κ1) is 18.9. The monoisotopic (exact) mass is 398 g/mol. The third kappa shape index (κ3) is 3.51. The minimum Gasteiger partial charge on any atom is -0.465 e. The number of amides is 1. The molecule has 1 aromatic carbocycles. The number of esters is 1. The number of nitrogens with zero attached hydrogens (tertiary/aromatic N) is 3. The van der Waals surface area contributed by atoms with Gasteiger partial charge in [0.15, 0.2) is 0 Å². The van der Waals surface area contributed by atoms with Crippen molar-refractivity contribution in [2.24, 2.45) is 0 Å². The van der Waals surface area contributed by atoms with Gasteiger partial charge in [0.1, 0.15) is 17.1 Å². The van der Waals surface area contributed by atoms with Gasteiger partial charge in [-0.05, 0) is 37.1 Å². The first-order chi connectivity index (χ1) is 14.0. The van der Waals surface area contributed by atoms with Crippen molar-refractivity contribution in [1.82, 2.24) is 19.7 Å². The number of H-pyrrole nitrogens is 1. The number of rotatable bonds is 3. The highest BCUT2D eigenvalue weighted by molar-refractivity contribution is 5.96. The number of aromatic amines is 1. The molecule has 3 aliphatic heterocycles. The van der Waals surface area contributed by atoms with Gasteiger partial charge in [-0.2, -0.15) is 5.10 Å². The van der Waals surface area contributed by atoms with Crippen LogP contribution in [-0.4, -0.2) is 51.7 Å². The molecular weight excluding hydrogens is 379 g/mol. The maximum absolute atomic E-state index is 13.1. The molecule has 0 spiro atoms. The number of carbonyl (C=O) groups excluding carboxylic acids is 2. The van der Waals surface area contributed by atoms with Crippen molar-refractivity contribution < 1.29 is 18.7 Å². The van der Waals surface area contributed by atoms with Gasteiger partial charge in [0.25, 0.3) is 11.5 Å². The molecule has 4 rings (SSSR count). The Hall–Kier alpha value is -3.49. The van der Waals surface area contributed by atoms with Crippen LogP contribution in [0.5, 0.6) is 0 Å². The van der Waals surface area contributed by atoms with Crippen molar-refractivity contribution in [1.29, 1.82) is 0 Å². The molecule has 9 heteroatoms. The molecule has 1 aromatic rings. The molecule has 3 aliphatic rings. The van der Waals surface area contributed by atoms with Crippen molar-refractivity contribution in [3.63, 3.8) is 0 Å². The summed E-state index contributed by atoms with van der Waals surface area (Å²) in [6, 6.07) is 5.31. The van der Waals surface area contributed by atoms with Gasteiger partial charge in [-0.25, -0.2) is 14.3 Å². The standard InChI is InChI=1S/C20H19FN4O4/c1-29-20(28)16-11-25(10-15-17(16)22-23-18(15)26)14-3-2-8-24(9-14)19(27)12-4-6-13(21)7-5-12/h4-7,10-11,14H,2-3,8-9H2,1H3,(H,23,26)/t14-/m0/s1. The van der Waals surface area contributed by atoms with E-state index >= 15 is 0 Å². The topological polar surface area (TPSA) is 97.3 Å². The van der Waals surface area contributed by atoms with Gasteiger partial charge >= 0.3 is 5.97 Å². The lowest BCUT2D eigenvalue weighted by Gasteiger charge is -2.34. The lowest BCUT2D eigenvalue weighted by molar-refractivity contribution is 0.0596. The van der Waals surface area contributed by atoms with Gasteiger partial charge in [0.05, 0.1) is 18.7 Å². The van der Waals surface area contributed by atoms with Crippen molar-refractivity contribution in [3.05, 3.63) is 64.0 Å². The van der Waals surface area contributed by atoms with E-state index in [1.807, 2.05) is 0 Å². The molecule has 0 unspecified atom stereocenters. The molecule has 1 saturated heterocycles. The Bertz CT molecular complexity index is 1090. The van der Waals surface area contributed by atoms with Crippen LogP contribution in [-0.2, 0) is 4.74 Å². The number of hydrogen-bond donors (Lipinski definition) is 1. The molecule has 1 atom stereocenters. The zero-order valence-corrected chi connectivity index (χ0v) is 15.7.